The molecule has 0 unspecified atom stereocenters. The Morgan fingerprint density at radius 3 is 1.62 bits per heavy atom. The second kappa shape index (κ2) is 3.31. The number of halogens is 1. The SMILES string of the molecule is C[C@@H]1CNC[C@@H]1C.Cl. The van der Waals surface area contributed by atoms with Crippen LogP contribution in [0.15, 0.2) is 0 Å². The number of hydrogen-bond acceptors (Lipinski definition) is 1. The van der Waals surface area contributed by atoms with E-state index in [0.29, 0.717) is 0 Å². The molecule has 1 rings (SSSR count). The van der Waals surface area contributed by atoms with Crippen LogP contribution in [0, 0.1) is 11.8 Å². The van der Waals surface area contributed by atoms with Crippen molar-refractivity contribution < 1.29 is 0 Å². The van der Waals surface area contributed by atoms with Crippen molar-refractivity contribution >= 4 is 12.4 Å². The molecule has 0 bridgehead atoms. The molecule has 0 aromatic heterocycles. The molecular weight excluding hydrogens is 122 g/mol. The zero-order valence-corrected chi connectivity index (χ0v) is 6.29. The Kier molecular flexibility index (Phi) is 3.41. The van der Waals surface area contributed by atoms with Crippen molar-refractivity contribution in [1.29, 1.82) is 0 Å². The molecule has 0 radical (unpaired) electrons. The van der Waals surface area contributed by atoms with Crippen LogP contribution in [0.25, 0.3) is 0 Å². The van der Waals surface area contributed by atoms with E-state index in [-0.39, 0.29) is 12.4 Å². The lowest BCUT2D eigenvalue weighted by atomic mass is 10.0. The zero-order valence-electron chi connectivity index (χ0n) is 5.48. The highest BCUT2D eigenvalue weighted by atomic mass is 35.5. The lowest BCUT2D eigenvalue weighted by molar-refractivity contribution is 0.494. The van der Waals surface area contributed by atoms with Gasteiger partial charge in [0.1, 0.15) is 0 Å². The van der Waals surface area contributed by atoms with Gasteiger partial charge in [-0.25, -0.2) is 0 Å². The Balaban J connectivity index is 0.000000490. The first-order valence-electron chi connectivity index (χ1n) is 3.01. The maximum absolute atomic E-state index is 3.32. The molecule has 8 heavy (non-hydrogen) atoms. The van der Waals surface area contributed by atoms with E-state index in [2.05, 4.69) is 19.2 Å². The third kappa shape index (κ3) is 1.64. The van der Waals surface area contributed by atoms with Gasteiger partial charge in [-0.1, -0.05) is 13.8 Å². The zero-order chi connectivity index (χ0) is 5.28. The van der Waals surface area contributed by atoms with Gasteiger partial charge in [0.15, 0.2) is 0 Å². The summed E-state index contributed by atoms with van der Waals surface area (Å²) >= 11 is 0. The van der Waals surface area contributed by atoms with E-state index < -0.39 is 0 Å². The average Bonchev–Trinajstić information content (AvgIpc) is 1.91. The van der Waals surface area contributed by atoms with Crippen molar-refractivity contribution in [3.8, 4) is 0 Å². The molecule has 0 amide bonds. The summed E-state index contributed by atoms with van der Waals surface area (Å²) in [6.07, 6.45) is 0. The van der Waals surface area contributed by atoms with Gasteiger partial charge in [-0.2, -0.15) is 0 Å². The topological polar surface area (TPSA) is 12.0 Å². The number of rotatable bonds is 0. The minimum Gasteiger partial charge on any atom is -0.316 e. The molecule has 1 aliphatic rings. The van der Waals surface area contributed by atoms with Gasteiger partial charge in [0.2, 0.25) is 0 Å². The summed E-state index contributed by atoms with van der Waals surface area (Å²) in [5.41, 5.74) is 0. The summed E-state index contributed by atoms with van der Waals surface area (Å²) in [4.78, 5) is 0. The molecule has 1 N–H and O–H groups in total. The molecular formula is C6H14ClN. The first kappa shape index (κ1) is 8.25. The molecule has 0 aliphatic carbocycles. The van der Waals surface area contributed by atoms with Crippen LogP contribution < -0.4 is 5.32 Å². The van der Waals surface area contributed by atoms with Crippen molar-refractivity contribution in [2.45, 2.75) is 13.8 Å². The average molecular weight is 136 g/mol. The van der Waals surface area contributed by atoms with Crippen molar-refractivity contribution in [2.75, 3.05) is 13.1 Å². The molecule has 0 aromatic rings. The van der Waals surface area contributed by atoms with Crippen molar-refractivity contribution in [3.05, 3.63) is 0 Å². The number of hydrogen-bond donors (Lipinski definition) is 1. The van der Waals surface area contributed by atoms with Gasteiger partial charge in [-0.15, -0.1) is 12.4 Å². The van der Waals surface area contributed by atoms with Gasteiger partial charge in [0.05, 0.1) is 0 Å². The highest BCUT2D eigenvalue weighted by Crippen LogP contribution is 2.13. The Hall–Kier alpha value is 0.250. The lowest BCUT2D eigenvalue weighted by Crippen LogP contribution is -2.06. The van der Waals surface area contributed by atoms with E-state index >= 15 is 0 Å². The van der Waals surface area contributed by atoms with Crippen LogP contribution >= 0.6 is 12.4 Å². The molecule has 1 fully saturated rings. The fraction of sp³-hybridized carbons (Fsp3) is 1.00. The van der Waals surface area contributed by atoms with E-state index in [4.69, 9.17) is 0 Å². The Labute approximate surface area is 57.3 Å². The fourth-order valence-electron chi connectivity index (χ4n) is 0.941. The van der Waals surface area contributed by atoms with E-state index in [1.165, 1.54) is 13.1 Å². The second-order valence-corrected chi connectivity index (χ2v) is 2.61. The Bertz CT molecular complexity index is 57.5. The quantitative estimate of drug-likeness (QED) is 0.528. The second-order valence-electron chi connectivity index (χ2n) is 2.61. The predicted octanol–water partition coefficient (Wildman–Crippen LogP) is 1.28. The third-order valence-electron chi connectivity index (χ3n) is 1.90. The Morgan fingerprint density at radius 2 is 1.50 bits per heavy atom. The van der Waals surface area contributed by atoms with Gasteiger partial charge < -0.3 is 5.32 Å². The van der Waals surface area contributed by atoms with E-state index in [0.717, 1.165) is 11.8 Å². The van der Waals surface area contributed by atoms with Crippen LogP contribution in [0.4, 0.5) is 0 Å². The largest absolute Gasteiger partial charge is 0.316 e. The van der Waals surface area contributed by atoms with E-state index in [1.807, 2.05) is 0 Å². The van der Waals surface area contributed by atoms with Gasteiger partial charge in [-0.3, -0.25) is 0 Å². The highest BCUT2D eigenvalue weighted by Gasteiger charge is 2.16. The van der Waals surface area contributed by atoms with E-state index in [9.17, 15) is 0 Å². The summed E-state index contributed by atoms with van der Waals surface area (Å²) in [6.45, 7) is 7.04. The first-order chi connectivity index (χ1) is 3.30. The maximum atomic E-state index is 3.32. The summed E-state index contributed by atoms with van der Waals surface area (Å²) in [5, 5.41) is 3.32. The molecule has 2 atom stereocenters. The molecule has 50 valence electrons. The van der Waals surface area contributed by atoms with Crippen LogP contribution in [0.3, 0.4) is 0 Å². The molecule has 0 aromatic carbocycles. The lowest BCUT2D eigenvalue weighted by Gasteiger charge is -2.03. The third-order valence-corrected chi connectivity index (χ3v) is 1.90. The molecule has 0 saturated carbocycles. The highest BCUT2D eigenvalue weighted by molar-refractivity contribution is 5.85. The standard InChI is InChI=1S/C6H13N.ClH/c1-5-3-7-4-6(5)2;/h5-7H,3-4H2,1-2H3;1H/t5-,6+;. The van der Waals surface area contributed by atoms with Gasteiger partial charge in [-0.05, 0) is 24.9 Å². The van der Waals surface area contributed by atoms with Crippen molar-refractivity contribution in [1.82, 2.24) is 5.32 Å². The Morgan fingerprint density at radius 1 is 1.12 bits per heavy atom. The minimum absolute atomic E-state index is 0. The maximum Gasteiger partial charge on any atom is -0.00200 e. The smallest absolute Gasteiger partial charge is 0.00200 e. The van der Waals surface area contributed by atoms with Crippen LogP contribution in [-0.4, -0.2) is 13.1 Å². The summed E-state index contributed by atoms with van der Waals surface area (Å²) in [7, 11) is 0. The van der Waals surface area contributed by atoms with Crippen LogP contribution in [-0.2, 0) is 0 Å². The summed E-state index contributed by atoms with van der Waals surface area (Å²) in [6, 6.07) is 0. The van der Waals surface area contributed by atoms with Gasteiger partial charge in [0.25, 0.3) is 0 Å². The normalized spacial score (nSPS) is 36.8. The molecule has 1 nitrogen and oxygen atoms in total. The predicted molar refractivity (Wildman–Crippen MR) is 38.4 cm³/mol. The molecule has 1 aliphatic heterocycles. The minimum atomic E-state index is 0. The summed E-state index contributed by atoms with van der Waals surface area (Å²) in [5.74, 6) is 1.81. The summed E-state index contributed by atoms with van der Waals surface area (Å²) < 4.78 is 0. The van der Waals surface area contributed by atoms with Crippen molar-refractivity contribution in [2.24, 2.45) is 11.8 Å². The van der Waals surface area contributed by atoms with E-state index in [1.54, 1.807) is 0 Å². The van der Waals surface area contributed by atoms with Crippen LogP contribution in [0.1, 0.15) is 13.8 Å². The molecule has 1 saturated heterocycles. The van der Waals surface area contributed by atoms with Gasteiger partial charge in [0, 0.05) is 0 Å². The molecule has 1 heterocycles. The van der Waals surface area contributed by atoms with Crippen LogP contribution in [0.2, 0.25) is 0 Å². The van der Waals surface area contributed by atoms with Crippen LogP contribution in [0.5, 0.6) is 0 Å². The van der Waals surface area contributed by atoms with Crippen molar-refractivity contribution in [3.63, 3.8) is 0 Å². The monoisotopic (exact) mass is 135 g/mol. The molecule has 2 heteroatoms. The molecule has 0 spiro atoms. The fourth-order valence-corrected chi connectivity index (χ4v) is 0.941. The first-order valence-corrected chi connectivity index (χ1v) is 3.01. The number of nitrogens with one attached hydrogen (secondary N) is 1. The van der Waals surface area contributed by atoms with Gasteiger partial charge >= 0.3 is 0 Å².